The minimum absolute atomic E-state index is 0.205. The zero-order valence-electron chi connectivity index (χ0n) is 27.1. The molecule has 9 heteroatoms. The van der Waals surface area contributed by atoms with Crippen LogP contribution in [-0.4, -0.2) is 70.2 Å². The smallest absolute Gasteiger partial charge is 0.258 e. The van der Waals surface area contributed by atoms with Crippen LogP contribution in [0, 0.1) is 25.2 Å². The normalized spacial score (nSPS) is 20.9. The summed E-state index contributed by atoms with van der Waals surface area (Å²) in [6.45, 7) is 12.3. The molecule has 1 amide bonds. The minimum Gasteiger partial charge on any atom is -0.493 e. The van der Waals surface area contributed by atoms with Crippen molar-refractivity contribution in [2.45, 2.75) is 65.8 Å². The van der Waals surface area contributed by atoms with E-state index in [1.54, 1.807) is 12.4 Å². The Kier molecular flexibility index (Phi) is 7.98. The number of pyridine rings is 2. The van der Waals surface area contributed by atoms with Crippen LogP contribution in [0.4, 0.5) is 11.6 Å². The molecule has 2 fully saturated rings. The maximum atomic E-state index is 13.8. The van der Waals surface area contributed by atoms with E-state index in [0.29, 0.717) is 35.1 Å². The second kappa shape index (κ2) is 12.1. The molecule has 2 bridgehead atoms. The number of benzene rings is 1. The number of aromatic nitrogens is 4. The molecule has 0 saturated carbocycles. The average Bonchev–Trinajstić information content (AvgIpc) is 3.35. The van der Waals surface area contributed by atoms with E-state index in [9.17, 15) is 4.79 Å². The molecule has 45 heavy (non-hydrogen) atoms. The highest BCUT2D eigenvalue weighted by Gasteiger charge is 2.37. The maximum Gasteiger partial charge on any atom is 0.258 e. The summed E-state index contributed by atoms with van der Waals surface area (Å²) in [5.74, 6) is 1.48. The molecular formula is C36H45N7O2. The number of piperidine rings is 2. The van der Waals surface area contributed by atoms with Crippen LogP contribution in [0.1, 0.15) is 67.1 Å². The van der Waals surface area contributed by atoms with Gasteiger partial charge in [-0.15, -0.1) is 0 Å². The van der Waals surface area contributed by atoms with E-state index < -0.39 is 0 Å². The Morgan fingerprint density at radius 3 is 2.58 bits per heavy atom. The predicted octanol–water partition coefficient (Wildman–Crippen LogP) is 6.48. The summed E-state index contributed by atoms with van der Waals surface area (Å²) in [7, 11) is 2.25. The summed E-state index contributed by atoms with van der Waals surface area (Å²) < 4.78 is 8.46. The second-order valence-electron chi connectivity index (χ2n) is 13.8. The molecule has 1 aromatic carbocycles. The van der Waals surface area contributed by atoms with Crippen LogP contribution >= 0.6 is 0 Å². The molecule has 4 aromatic rings. The van der Waals surface area contributed by atoms with Gasteiger partial charge in [-0.25, -0.2) is 4.98 Å². The topological polar surface area (TPSA) is 88.4 Å². The highest BCUT2D eigenvalue weighted by atomic mass is 16.5. The number of fused-ring (bicyclic) bond motifs is 7. The number of nitrogens with zero attached hydrogens (tertiary/aromatic N) is 6. The van der Waals surface area contributed by atoms with Gasteiger partial charge in [-0.2, -0.15) is 0 Å². The minimum atomic E-state index is -0.205. The number of hydrogen-bond donors (Lipinski definition) is 1. The Bertz CT molecular complexity index is 1710. The molecule has 1 atom stereocenters. The Labute approximate surface area is 266 Å². The lowest BCUT2D eigenvalue weighted by molar-refractivity contribution is 0.0944. The SMILES string of the molecule is Cc1cc2cc(n1)-c1cnccc1OCCC[C@@H](C)Cn1c(nc3cc(C)c(N4CCC5(CCN(C)CC5)CC4)cc31)NC2=O. The number of ether oxygens (including phenoxy) is 1. The van der Waals surface area contributed by atoms with Gasteiger partial charge in [0.15, 0.2) is 0 Å². The van der Waals surface area contributed by atoms with Crippen molar-refractivity contribution in [2.24, 2.45) is 11.3 Å². The van der Waals surface area contributed by atoms with E-state index in [-0.39, 0.29) is 5.91 Å². The number of aryl methyl sites for hydroxylation is 2. The number of amides is 1. The number of imidazole rings is 1. The molecule has 9 nitrogen and oxygen atoms in total. The van der Waals surface area contributed by atoms with Crippen molar-refractivity contribution in [1.82, 2.24) is 24.4 Å². The molecule has 0 aliphatic carbocycles. The molecule has 3 aromatic heterocycles. The van der Waals surface area contributed by atoms with Crippen LogP contribution < -0.4 is 15.0 Å². The van der Waals surface area contributed by atoms with Gasteiger partial charge in [0, 0.05) is 49.0 Å². The van der Waals surface area contributed by atoms with Crippen LogP contribution in [0.15, 0.2) is 42.7 Å². The van der Waals surface area contributed by atoms with Crippen LogP contribution in [0.3, 0.4) is 0 Å². The fraction of sp³-hybridized carbons (Fsp3) is 0.500. The zero-order chi connectivity index (χ0) is 31.1. The van der Waals surface area contributed by atoms with Crippen molar-refractivity contribution in [3.63, 3.8) is 0 Å². The molecule has 236 valence electrons. The molecule has 0 radical (unpaired) electrons. The van der Waals surface area contributed by atoms with Gasteiger partial charge < -0.3 is 19.1 Å². The Morgan fingerprint density at radius 2 is 1.78 bits per heavy atom. The van der Waals surface area contributed by atoms with Crippen molar-refractivity contribution in [1.29, 1.82) is 0 Å². The molecule has 1 N–H and O–H groups in total. The third-order valence-corrected chi connectivity index (χ3v) is 10.4. The van der Waals surface area contributed by atoms with E-state index in [1.807, 2.05) is 25.1 Å². The third-order valence-electron chi connectivity index (χ3n) is 10.4. The first-order chi connectivity index (χ1) is 21.8. The van der Waals surface area contributed by atoms with Gasteiger partial charge in [-0.1, -0.05) is 6.92 Å². The Balaban J connectivity index is 1.23. The van der Waals surface area contributed by atoms with Gasteiger partial charge in [0.25, 0.3) is 5.91 Å². The standard InChI is InChI=1S/C36H45N7O2/c1-24-6-5-17-45-33-7-12-37-22-28(33)29-20-27(19-26(3)38-29)34(44)40-35-39-30-18-25(2)31(21-32(30)43(35)23-24)42-15-10-36(11-16-42)8-13-41(4)14-9-36/h7,12,18-22,24H,5-6,8-11,13-17,23H2,1-4H3,(H,39,40,44)/t24-/m1/s1. The van der Waals surface area contributed by atoms with E-state index >= 15 is 0 Å². The van der Waals surface area contributed by atoms with Crippen molar-refractivity contribution >= 4 is 28.6 Å². The highest BCUT2D eigenvalue weighted by Crippen LogP contribution is 2.43. The number of anilines is 2. The van der Waals surface area contributed by atoms with E-state index in [4.69, 9.17) is 14.7 Å². The van der Waals surface area contributed by atoms with Crippen LogP contribution in [0.25, 0.3) is 22.3 Å². The van der Waals surface area contributed by atoms with Gasteiger partial charge in [-0.3, -0.25) is 20.1 Å². The molecule has 7 rings (SSSR count). The molecule has 0 unspecified atom stereocenters. The fourth-order valence-electron chi connectivity index (χ4n) is 7.53. The van der Waals surface area contributed by atoms with Crippen LogP contribution in [-0.2, 0) is 6.54 Å². The first kappa shape index (κ1) is 29.7. The molecule has 6 heterocycles. The quantitative estimate of drug-likeness (QED) is 0.265. The number of carbonyl (C=O) groups excluding carboxylic acids is 1. The monoisotopic (exact) mass is 607 g/mol. The number of likely N-dealkylation sites (tertiary alicyclic amines) is 1. The van der Waals surface area contributed by atoms with Crippen molar-refractivity contribution in [3.05, 3.63) is 59.5 Å². The highest BCUT2D eigenvalue weighted by molar-refractivity contribution is 6.05. The molecular weight excluding hydrogens is 562 g/mol. The molecule has 3 aliphatic heterocycles. The van der Waals surface area contributed by atoms with Gasteiger partial charge in [0.1, 0.15) is 5.75 Å². The van der Waals surface area contributed by atoms with Crippen molar-refractivity contribution in [3.8, 4) is 17.0 Å². The summed E-state index contributed by atoms with van der Waals surface area (Å²) >= 11 is 0. The largest absolute Gasteiger partial charge is 0.493 e. The number of rotatable bonds is 1. The van der Waals surface area contributed by atoms with E-state index in [2.05, 4.69) is 57.7 Å². The van der Waals surface area contributed by atoms with Crippen molar-refractivity contribution < 1.29 is 9.53 Å². The summed E-state index contributed by atoms with van der Waals surface area (Å²) in [5.41, 5.74) is 7.75. The summed E-state index contributed by atoms with van der Waals surface area (Å²) in [5, 5.41) is 3.18. The van der Waals surface area contributed by atoms with E-state index in [1.165, 1.54) is 50.0 Å². The van der Waals surface area contributed by atoms with Crippen LogP contribution in [0.2, 0.25) is 0 Å². The number of hydrogen-bond acceptors (Lipinski definition) is 7. The predicted molar refractivity (Wildman–Crippen MR) is 179 cm³/mol. The van der Waals surface area contributed by atoms with Crippen molar-refractivity contribution in [2.75, 3.05) is 50.1 Å². The summed E-state index contributed by atoms with van der Waals surface area (Å²) in [6, 6.07) is 10.0. The Hall–Kier alpha value is -3.98. The number of nitrogens with one attached hydrogen (secondary N) is 1. The van der Waals surface area contributed by atoms with E-state index in [0.717, 1.165) is 60.5 Å². The van der Waals surface area contributed by atoms with Gasteiger partial charge in [-0.05, 0) is 120 Å². The first-order valence-electron chi connectivity index (χ1n) is 16.6. The van der Waals surface area contributed by atoms with Crippen LogP contribution in [0.5, 0.6) is 5.75 Å². The average molecular weight is 608 g/mol. The summed E-state index contributed by atoms with van der Waals surface area (Å²) in [6.07, 6.45) is 10.5. The van der Waals surface area contributed by atoms with Gasteiger partial charge in [0.05, 0.1) is 28.9 Å². The summed E-state index contributed by atoms with van der Waals surface area (Å²) in [4.78, 5) is 32.9. The Morgan fingerprint density at radius 1 is 1.00 bits per heavy atom. The molecule has 1 spiro atoms. The zero-order valence-corrected chi connectivity index (χ0v) is 27.1. The third kappa shape index (κ3) is 6.02. The maximum absolute atomic E-state index is 13.8. The second-order valence-corrected chi connectivity index (χ2v) is 13.8. The number of carbonyl (C=O) groups is 1. The first-order valence-corrected chi connectivity index (χ1v) is 16.6. The molecule has 2 saturated heterocycles. The lowest BCUT2D eigenvalue weighted by Crippen LogP contribution is -2.46. The lowest BCUT2D eigenvalue weighted by Gasteiger charge is -2.47. The fourth-order valence-corrected chi connectivity index (χ4v) is 7.53. The molecule has 3 aliphatic rings. The lowest BCUT2D eigenvalue weighted by atomic mass is 9.71. The van der Waals surface area contributed by atoms with Gasteiger partial charge in [0.2, 0.25) is 5.95 Å². The van der Waals surface area contributed by atoms with Gasteiger partial charge >= 0.3 is 0 Å².